The van der Waals surface area contributed by atoms with E-state index in [1.165, 1.54) is 0 Å². The van der Waals surface area contributed by atoms with E-state index >= 15 is 0 Å². The Hall–Kier alpha value is -0.900. The fraction of sp³-hybridized carbons (Fsp3) is 0.833. The summed E-state index contributed by atoms with van der Waals surface area (Å²) in [7, 11) is 0. The SMILES string of the molecule is CCC(O)(Cc1ncnn1C(C)C)C(C)C. The highest BCUT2D eigenvalue weighted by Gasteiger charge is 2.31. The Kier molecular flexibility index (Phi) is 4.08. The van der Waals surface area contributed by atoms with Gasteiger partial charge >= 0.3 is 0 Å². The van der Waals surface area contributed by atoms with Crippen molar-refractivity contribution in [3.05, 3.63) is 12.2 Å². The fourth-order valence-electron chi connectivity index (χ4n) is 1.84. The lowest BCUT2D eigenvalue weighted by Crippen LogP contribution is -2.37. The third-order valence-corrected chi connectivity index (χ3v) is 3.29. The molecule has 0 spiro atoms. The van der Waals surface area contributed by atoms with Crippen LogP contribution in [-0.4, -0.2) is 25.5 Å². The maximum Gasteiger partial charge on any atom is 0.138 e. The number of hydrogen-bond acceptors (Lipinski definition) is 3. The molecule has 1 unspecified atom stereocenters. The first-order valence-electron chi connectivity index (χ1n) is 6.01. The van der Waals surface area contributed by atoms with Crippen molar-refractivity contribution < 1.29 is 5.11 Å². The topological polar surface area (TPSA) is 50.9 Å². The van der Waals surface area contributed by atoms with Crippen LogP contribution >= 0.6 is 0 Å². The summed E-state index contributed by atoms with van der Waals surface area (Å²) in [6.45, 7) is 10.2. The Morgan fingerprint density at radius 1 is 1.38 bits per heavy atom. The van der Waals surface area contributed by atoms with Crippen LogP contribution in [0.15, 0.2) is 6.33 Å². The Morgan fingerprint density at radius 2 is 2.00 bits per heavy atom. The highest BCUT2D eigenvalue weighted by Crippen LogP contribution is 2.25. The van der Waals surface area contributed by atoms with Gasteiger partial charge in [0.05, 0.1) is 5.60 Å². The predicted octanol–water partition coefficient (Wildman–Crippen LogP) is 2.20. The summed E-state index contributed by atoms with van der Waals surface area (Å²) in [5, 5.41) is 14.7. The lowest BCUT2D eigenvalue weighted by molar-refractivity contribution is -0.0110. The molecule has 1 N–H and O–H groups in total. The lowest BCUT2D eigenvalue weighted by Gasteiger charge is -2.31. The molecule has 1 atom stereocenters. The predicted molar refractivity (Wildman–Crippen MR) is 64.2 cm³/mol. The van der Waals surface area contributed by atoms with Gasteiger partial charge in [0.2, 0.25) is 0 Å². The lowest BCUT2D eigenvalue weighted by atomic mass is 9.84. The average molecular weight is 225 g/mol. The van der Waals surface area contributed by atoms with E-state index < -0.39 is 5.60 Å². The van der Waals surface area contributed by atoms with E-state index in [0.717, 1.165) is 12.2 Å². The zero-order valence-corrected chi connectivity index (χ0v) is 10.9. The summed E-state index contributed by atoms with van der Waals surface area (Å²) < 4.78 is 1.88. The van der Waals surface area contributed by atoms with Crippen molar-refractivity contribution in [2.75, 3.05) is 0 Å². The van der Waals surface area contributed by atoms with Crippen molar-refractivity contribution in [3.8, 4) is 0 Å². The number of nitrogens with zero attached hydrogens (tertiary/aromatic N) is 3. The largest absolute Gasteiger partial charge is 0.389 e. The molecular weight excluding hydrogens is 202 g/mol. The van der Waals surface area contributed by atoms with Crippen LogP contribution in [0.1, 0.15) is 52.9 Å². The summed E-state index contributed by atoms with van der Waals surface area (Å²) in [6.07, 6.45) is 2.86. The van der Waals surface area contributed by atoms with Crippen molar-refractivity contribution in [1.82, 2.24) is 14.8 Å². The first kappa shape index (κ1) is 13.2. The van der Waals surface area contributed by atoms with E-state index in [-0.39, 0.29) is 12.0 Å². The van der Waals surface area contributed by atoms with Crippen LogP contribution in [0.4, 0.5) is 0 Å². The molecule has 92 valence electrons. The Balaban J connectivity index is 2.90. The molecule has 4 heteroatoms. The smallest absolute Gasteiger partial charge is 0.138 e. The number of aliphatic hydroxyl groups is 1. The molecule has 0 aromatic carbocycles. The van der Waals surface area contributed by atoms with Crippen molar-refractivity contribution >= 4 is 0 Å². The van der Waals surface area contributed by atoms with Gasteiger partial charge in [0, 0.05) is 12.5 Å². The van der Waals surface area contributed by atoms with Crippen molar-refractivity contribution in [2.45, 2.75) is 59.1 Å². The van der Waals surface area contributed by atoms with Crippen LogP contribution in [0, 0.1) is 5.92 Å². The van der Waals surface area contributed by atoms with E-state index in [1.807, 2.05) is 25.5 Å². The zero-order chi connectivity index (χ0) is 12.3. The Morgan fingerprint density at radius 3 is 2.44 bits per heavy atom. The minimum atomic E-state index is -0.681. The maximum atomic E-state index is 10.5. The fourth-order valence-corrected chi connectivity index (χ4v) is 1.84. The highest BCUT2D eigenvalue weighted by molar-refractivity contribution is 4.96. The minimum Gasteiger partial charge on any atom is -0.389 e. The second kappa shape index (κ2) is 4.95. The summed E-state index contributed by atoms with van der Waals surface area (Å²) in [6, 6.07) is 0.283. The summed E-state index contributed by atoms with van der Waals surface area (Å²) in [5.41, 5.74) is -0.681. The monoisotopic (exact) mass is 225 g/mol. The molecular formula is C12H23N3O. The van der Waals surface area contributed by atoms with Gasteiger partial charge in [-0.05, 0) is 26.2 Å². The zero-order valence-electron chi connectivity index (χ0n) is 10.9. The second-order valence-electron chi connectivity index (χ2n) is 5.00. The molecule has 1 aromatic heterocycles. The van der Waals surface area contributed by atoms with Gasteiger partial charge in [-0.25, -0.2) is 9.67 Å². The summed E-state index contributed by atoms with van der Waals surface area (Å²) >= 11 is 0. The number of rotatable bonds is 5. The van der Waals surface area contributed by atoms with E-state index in [2.05, 4.69) is 23.9 Å². The molecule has 16 heavy (non-hydrogen) atoms. The van der Waals surface area contributed by atoms with Crippen LogP contribution in [0.25, 0.3) is 0 Å². The average Bonchev–Trinajstić information content (AvgIpc) is 2.65. The standard InChI is InChI=1S/C12H23N3O/c1-6-12(16,9(2)3)7-11-13-8-14-15(11)10(4)5/h8-10,16H,6-7H2,1-5H3. The molecule has 0 saturated carbocycles. The van der Waals surface area contributed by atoms with Crippen molar-refractivity contribution in [1.29, 1.82) is 0 Å². The molecule has 0 fully saturated rings. The third kappa shape index (κ3) is 2.61. The van der Waals surface area contributed by atoms with Crippen molar-refractivity contribution in [3.63, 3.8) is 0 Å². The van der Waals surface area contributed by atoms with E-state index in [4.69, 9.17) is 0 Å². The van der Waals surface area contributed by atoms with Crippen LogP contribution in [0.3, 0.4) is 0 Å². The highest BCUT2D eigenvalue weighted by atomic mass is 16.3. The summed E-state index contributed by atoms with van der Waals surface area (Å²) in [5.74, 6) is 1.09. The van der Waals surface area contributed by atoms with Crippen LogP contribution in [-0.2, 0) is 6.42 Å². The van der Waals surface area contributed by atoms with E-state index in [1.54, 1.807) is 6.33 Å². The van der Waals surface area contributed by atoms with E-state index in [0.29, 0.717) is 6.42 Å². The van der Waals surface area contributed by atoms with Gasteiger partial charge in [-0.3, -0.25) is 0 Å². The molecule has 1 rings (SSSR count). The molecule has 4 nitrogen and oxygen atoms in total. The minimum absolute atomic E-state index is 0.217. The quantitative estimate of drug-likeness (QED) is 0.835. The second-order valence-corrected chi connectivity index (χ2v) is 5.00. The number of hydrogen-bond donors (Lipinski definition) is 1. The third-order valence-electron chi connectivity index (χ3n) is 3.29. The van der Waals surface area contributed by atoms with Crippen LogP contribution in [0.5, 0.6) is 0 Å². The molecule has 0 radical (unpaired) electrons. The van der Waals surface area contributed by atoms with Crippen LogP contribution < -0.4 is 0 Å². The van der Waals surface area contributed by atoms with Crippen molar-refractivity contribution in [2.24, 2.45) is 5.92 Å². The van der Waals surface area contributed by atoms with Gasteiger partial charge in [-0.2, -0.15) is 5.10 Å². The van der Waals surface area contributed by atoms with Gasteiger partial charge in [0.1, 0.15) is 12.2 Å². The number of aromatic nitrogens is 3. The molecule has 0 saturated heterocycles. The molecule has 0 aliphatic rings. The molecule has 1 aromatic rings. The molecule has 0 aliphatic carbocycles. The van der Waals surface area contributed by atoms with Gasteiger partial charge < -0.3 is 5.11 Å². The first-order valence-corrected chi connectivity index (χ1v) is 6.01. The van der Waals surface area contributed by atoms with Crippen LogP contribution in [0.2, 0.25) is 0 Å². The molecule has 0 bridgehead atoms. The van der Waals surface area contributed by atoms with Gasteiger partial charge in [-0.1, -0.05) is 20.8 Å². The Bertz CT molecular complexity index is 333. The summed E-state index contributed by atoms with van der Waals surface area (Å²) in [4.78, 5) is 4.24. The molecule has 0 amide bonds. The Labute approximate surface area is 97.7 Å². The molecule has 1 heterocycles. The van der Waals surface area contributed by atoms with E-state index in [9.17, 15) is 5.11 Å². The van der Waals surface area contributed by atoms with Gasteiger partial charge in [0.15, 0.2) is 0 Å². The van der Waals surface area contributed by atoms with Gasteiger partial charge in [-0.15, -0.1) is 0 Å². The normalized spacial score (nSPS) is 15.8. The first-order chi connectivity index (χ1) is 7.40. The maximum absolute atomic E-state index is 10.5. The van der Waals surface area contributed by atoms with Gasteiger partial charge in [0.25, 0.3) is 0 Å². The molecule has 0 aliphatic heterocycles.